The predicted molar refractivity (Wildman–Crippen MR) is 80.2 cm³/mol. The molecule has 1 aromatic heterocycles. The normalized spacial score (nSPS) is 19.3. The van der Waals surface area contributed by atoms with Crippen LogP contribution >= 0.6 is 11.3 Å². The Kier molecular flexibility index (Phi) is 5.67. The lowest BCUT2D eigenvalue weighted by Gasteiger charge is -2.34. The first-order chi connectivity index (χ1) is 8.85. The standard InChI is InChI=1S/C15H26N2S/c1-3-14(15-6-5-11-18-15)17(4-2)12-13-7-9-16-10-8-13/h5-6,11,13-14,16H,3-4,7-10,12H2,1-2H3. The third-order valence-corrected chi connectivity index (χ3v) is 5.03. The molecule has 0 radical (unpaired) electrons. The molecule has 1 aliphatic rings. The summed E-state index contributed by atoms with van der Waals surface area (Å²) in [7, 11) is 0. The van der Waals surface area contributed by atoms with E-state index in [0.29, 0.717) is 6.04 Å². The number of thiophene rings is 1. The van der Waals surface area contributed by atoms with E-state index in [0.717, 1.165) is 5.92 Å². The van der Waals surface area contributed by atoms with E-state index in [1.165, 1.54) is 50.3 Å². The summed E-state index contributed by atoms with van der Waals surface area (Å²) >= 11 is 1.91. The van der Waals surface area contributed by atoms with E-state index >= 15 is 0 Å². The second-order valence-electron chi connectivity index (χ2n) is 5.22. The van der Waals surface area contributed by atoms with E-state index in [-0.39, 0.29) is 0 Å². The highest BCUT2D eigenvalue weighted by Gasteiger charge is 2.22. The van der Waals surface area contributed by atoms with Crippen LogP contribution in [-0.4, -0.2) is 31.1 Å². The van der Waals surface area contributed by atoms with Gasteiger partial charge in [-0.2, -0.15) is 0 Å². The molecular weight excluding hydrogens is 240 g/mol. The molecule has 2 heterocycles. The van der Waals surface area contributed by atoms with Crippen LogP contribution in [0.15, 0.2) is 17.5 Å². The zero-order chi connectivity index (χ0) is 12.8. The van der Waals surface area contributed by atoms with Gasteiger partial charge in [0.1, 0.15) is 0 Å². The third-order valence-electron chi connectivity index (χ3n) is 4.06. The van der Waals surface area contributed by atoms with Gasteiger partial charge in [-0.15, -0.1) is 11.3 Å². The van der Waals surface area contributed by atoms with Crippen LogP contribution in [0, 0.1) is 5.92 Å². The molecule has 3 heteroatoms. The lowest BCUT2D eigenvalue weighted by atomic mass is 9.96. The summed E-state index contributed by atoms with van der Waals surface area (Å²) in [4.78, 5) is 4.22. The molecule has 0 spiro atoms. The van der Waals surface area contributed by atoms with Crippen molar-refractivity contribution in [3.63, 3.8) is 0 Å². The number of nitrogens with one attached hydrogen (secondary N) is 1. The minimum absolute atomic E-state index is 0.630. The Morgan fingerprint density at radius 3 is 2.72 bits per heavy atom. The van der Waals surface area contributed by atoms with Crippen LogP contribution in [0.5, 0.6) is 0 Å². The number of hydrogen-bond donors (Lipinski definition) is 1. The van der Waals surface area contributed by atoms with Gasteiger partial charge in [-0.1, -0.05) is 19.9 Å². The van der Waals surface area contributed by atoms with Crippen molar-refractivity contribution >= 4 is 11.3 Å². The first kappa shape index (κ1) is 14.0. The highest BCUT2D eigenvalue weighted by molar-refractivity contribution is 7.10. The van der Waals surface area contributed by atoms with Crippen LogP contribution in [0.2, 0.25) is 0 Å². The average Bonchev–Trinajstić information content (AvgIpc) is 2.93. The summed E-state index contributed by atoms with van der Waals surface area (Å²) in [6, 6.07) is 5.11. The largest absolute Gasteiger partial charge is 0.317 e. The van der Waals surface area contributed by atoms with E-state index in [9.17, 15) is 0 Å². The molecule has 1 atom stereocenters. The summed E-state index contributed by atoms with van der Waals surface area (Å²) in [5.41, 5.74) is 0. The summed E-state index contributed by atoms with van der Waals surface area (Å²) in [6.45, 7) is 9.47. The Hall–Kier alpha value is -0.380. The van der Waals surface area contributed by atoms with Crippen molar-refractivity contribution in [2.45, 2.75) is 39.2 Å². The second kappa shape index (κ2) is 7.27. The fourth-order valence-electron chi connectivity index (χ4n) is 2.99. The maximum Gasteiger partial charge on any atom is 0.0438 e. The fraction of sp³-hybridized carbons (Fsp3) is 0.733. The van der Waals surface area contributed by atoms with Gasteiger partial charge in [0, 0.05) is 17.5 Å². The van der Waals surface area contributed by atoms with Crippen molar-refractivity contribution in [2.75, 3.05) is 26.2 Å². The molecule has 102 valence electrons. The maximum absolute atomic E-state index is 3.46. The van der Waals surface area contributed by atoms with Gasteiger partial charge in [-0.25, -0.2) is 0 Å². The number of nitrogens with zero attached hydrogens (tertiary/aromatic N) is 1. The topological polar surface area (TPSA) is 15.3 Å². The number of rotatable bonds is 6. The molecule has 1 unspecified atom stereocenters. The van der Waals surface area contributed by atoms with Crippen LogP contribution in [0.3, 0.4) is 0 Å². The van der Waals surface area contributed by atoms with Crippen LogP contribution in [-0.2, 0) is 0 Å². The predicted octanol–water partition coefficient (Wildman–Crippen LogP) is 3.52. The quantitative estimate of drug-likeness (QED) is 0.847. The molecule has 1 aliphatic heterocycles. The molecule has 0 aromatic carbocycles. The zero-order valence-electron chi connectivity index (χ0n) is 11.7. The van der Waals surface area contributed by atoms with Gasteiger partial charge in [0.05, 0.1) is 0 Å². The van der Waals surface area contributed by atoms with Crippen molar-refractivity contribution in [3.8, 4) is 0 Å². The molecule has 0 amide bonds. The van der Waals surface area contributed by atoms with E-state index in [1.54, 1.807) is 0 Å². The van der Waals surface area contributed by atoms with Crippen LogP contribution in [0.4, 0.5) is 0 Å². The van der Waals surface area contributed by atoms with E-state index in [4.69, 9.17) is 0 Å². The molecule has 2 rings (SSSR count). The van der Waals surface area contributed by atoms with Gasteiger partial charge in [-0.05, 0) is 56.3 Å². The zero-order valence-corrected chi connectivity index (χ0v) is 12.5. The molecule has 1 saturated heterocycles. The van der Waals surface area contributed by atoms with Gasteiger partial charge in [0.15, 0.2) is 0 Å². The molecule has 2 nitrogen and oxygen atoms in total. The maximum atomic E-state index is 3.46. The molecule has 18 heavy (non-hydrogen) atoms. The van der Waals surface area contributed by atoms with E-state index in [1.807, 2.05) is 11.3 Å². The lowest BCUT2D eigenvalue weighted by molar-refractivity contribution is 0.157. The van der Waals surface area contributed by atoms with E-state index in [2.05, 4.69) is 41.6 Å². The van der Waals surface area contributed by atoms with Gasteiger partial charge >= 0.3 is 0 Å². The first-order valence-electron chi connectivity index (χ1n) is 7.33. The summed E-state index contributed by atoms with van der Waals surface area (Å²) in [5.74, 6) is 0.889. The number of piperidine rings is 1. The SMILES string of the molecule is CCC(c1cccs1)N(CC)CC1CCNCC1. The second-order valence-corrected chi connectivity index (χ2v) is 6.20. The Labute approximate surface area is 115 Å². The minimum atomic E-state index is 0.630. The molecule has 1 aromatic rings. The van der Waals surface area contributed by atoms with Crippen LogP contribution in [0.1, 0.15) is 44.0 Å². The Bertz CT molecular complexity index is 317. The molecule has 0 aliphatic carbocycles. The van der Waals surface area contributed by atoms with Crippen LogP contribution < -0.4 is 5.32 Å². The van der Waals surface area contributed by atoms with E-state index < -0.39 is 0 Å². The van der Waals surface area contributed by atoms with Crippen molar-refractivity contribution in [1.29, 1.82) is 0 Å². The van der Waals surface area contributed by atoms with Gasteiger partial charge in [-0.3, -0.25) is 4.90 Å². The molecule has 0 bridgehead atoms. The third kappa shape index (κ3) is 3.56. The van der Waals surface area contributed by atoms with Crippen molar-refractivity contribution in [3.05, 3.63) is 22.4 Å². The van der Waals surface area contributed by atoms with Crippen molar-refractivity contribution < 1.29 is 0 Å². The van der Waals surface area contributed by atoms with Crippen molar-refractivity contribution in [1.82, 2.24) is 10.2 Å². The molecular formula is C15H26N2S. The summed E-state index contributed by atoms with van der Waals surface area (Å²) < 4.78 is 0. The Balaban J connectivity index is 1.97. The van der Waals surface area contributed by atoms with Gasteiger partial charge in [0.2, 0.25) is 0 Å². The Morgan fingerprint density at radius 1 is 1.39 bits per heavy atom. The minimum Gasteiger partial charge on any atom is -0.317 e. The molecule has 1 N–H and O–H groups in total. The molecule has 1 fully saturated rings. The van der Waals surface area contributed by atoms with Gasteiger partial charge < -0.3 is 5.32 Å². The summed E-state index contributed by atoms with van der Waals surface area (Å²) in [5, 5.41) is 5.67. The fourth-order valence-corrected chi connectivity index (χ4v) is 3.94. The lowest BCUT2D eigenvalue weighted by Crippen LogP contribution is -2.37. The Morgan fingerprint density at radius 2 is 2.17 bits per heavy atom. The smallest absolute Gasteiger partial charge is 0.0438 e. The summed E-state index contributed by atoms with van der Waals surface area (Å²) in [6.07, 6.45) is 3.91. The highest BCUT2D eigenvalue weighted by Crippen LogP contribution is 2.29. The van der Waals surface area contributed by atoms with Crippen LogP contribution in [0.25, 0.3) is 0 Å². The molecule has 0 saturated carbocycles. The van der Waals surface area contributed by atoms with Crippen molar-refractivity contribution in [2.24, 2.45) is 5.92 Å². The number of hydrogen-bond acceptors (Lipinski definition) is 3. The van der Waals surface area contributed by atoms with Gasteiger partial charge in [0.25, 0.3) is 0 Å². The monoisotopic (exact) mass is 266 g/mol. The highest BCUT2D eigenvalue weighted by atomic mass is 32.1. The first-order valence-corrected chi connectivity index (χ1v) is 8.21. The average molecular weight is 266 g/mol.